The maximum atomic E-state index is 14.9. The lowest BCUT2D eigenvalue weighted by molar-refractivity contribution is -0.139. The number of sulfonamides is 1. The molecule has 0 bridgehead atoms. The Morgan fingerprint density at radius 3 is 1.91 bits per heavy atom. The zero-order valence-electron chi connectivity index (χ0n) is 25.8. The van der Waals surface area contributed by atoms with E-state index in [9.17, 15) is 23.3 Å². The van der Waals surface area contributed by atoms with Gasteiger partial charge in [-0.05, 0) is 43.4 Å². The van der Waals surface area contributed by atoms with Gasteiger partial charge in [-0.2, -0.15) is 9.57 Å². The quantitative estimate of drug-likeness (QED) is 0.387. The van der Waals surface area contributed by atoms with E-state index in [0.29, 0.717) is 5.56 Å². The molecule has 3 aliphatic rings. The standard InChI is InChI=1S/C34H40N4O6S/c1-43-33(39)30-29(23-14-6-3-7-15-23)26(22-35)32(36)37(31(30)34(40)44-2)27-20-12-13-21-28(27)45(41,42)38(24-16-8-4-9-17-24)25-18-10-5-11-19-25/h3,6-7,12-15,20-21,24-25,29H,4-5,8-11,16-19,36H2,1-2H3. The molecule has 2 fully saturated rings. The fourth-order valence-electron chi connectivity index (χ4n) is 7.10. The number of benzene rings is 2. The minimum absolute atomic E-state index is 0.0297. The minimum atomic E-state index is -4.15. The average molecular weight is 633 g/mol. The third-order valence-electron chi connectivity index (χ3n) is 9.14. The van der Waals surface area contributed by atoms with Crippen LogP contribution in [0.2, 0.25) is 0 Å². The first-order chi connectivity index (χ1) is 21.8. The average Bonchev–Trinajstić information content (AvgIpc) is 3.08. The van der Waals surface area contributed by atoms with E-state index in [1.807, 2.05) is 0 Å². The molecular weight excluding hydrogens is 592 g/mol. The molecule has 5 rings (SSSR count). The lowest BCUT2D eigenvalue weighted by Gasteiger charge is -2.41. The predicted molar refractivity (Wildman–Crippen MR) is 169 cm³/mol. The van der Waals surface area contributed by atoms with Crippen LogP contribution in [-0.4, -0.2) is 51.0 Å². The summed E-state index contributed by atoms with van der Waals surface area (Å²) >= 11 is 0. The normalized spacial score (nSPS) is 20.2. The maximum absolute atomic E-state index is 14.9. The monoisotopic (exact) mass is 632 g/mol. The maximum Gasteiger partial charge on any atom is 0.355 e. The molecule has 2 aromatic rings. The Labute approximate surface area is 265 Å². The lowest BCUT2D eigenvalue weighted by Crippen LogP contribution is -2.49. The number of nitriles is 1. The van der Waals surface area contributed by atoms with E-state index in [-0.39, 0.29) is 45.3 Å². The van der Waals surface area contributed by atoms with Crippen LogP contribution in [0.25, 0.3) is 0 Å². The second-order valence-electron chi connectivity index (χ2n) is 11.7. The molecule has 1 unspecified atom stereocenters. The number of carbonyl (C=O) groups is 2. The van der Waals surface area contributed by atoms with E-state index < -0.39 is 27.9 Å². The van der Waals surface area contributed by atoms with Crippen molar-refractivity contribution in [3.05, 3.63) is 82.8 Å². The van der Waals surface area contributed by atoms with Crippen LogP contribution >= 0.6 is 0 Å². The minimum Gasteiger partial charge on any atom is -0.466 e. The third-order valence-corrected chi connectivity index (χ3v) is 11.2. The number of ether oxygens (including phenoxy) is 2. The molecule has 1 heterocycles. The molecule has 0 amide bonds. The Balaban J connectivity index is 1.76. The van der Waals surface area contributed by atoms with Crippen molar-refractivity contribution >= 4 is 27.6 Å². The molecule has 11 heteroatoms. The Bertz CT molecular complexity index is 1620. The molecule has 2 N–H and O–H groups in total. The van der Waals surface area contributed by atoms with Crippen LogP contribution in [0.5, 0.6) is 0 Å². The van der Waals surface area contributed by atoms with Gasteiger partial charge >= 0.3 is 11.9 Å². The van der Waals surface area contributed by atoms with E-state index in [4.69, 9.17) is 15.2 Å². The summed E-state index contributed by atoms with van der Waals surface area (Å²) in [6.07, 6.45) is 9.08. The number of rotatable bonds is 8. The molecule has 10 nitrogen and oxygen atoms in total. The molecule has 0 radical (unpaired) electrons. The van der Waals surface area contributed by atoms with Crippen LogP contribution in [0.15, 0.2) is 82.2 Å². The van der Waals surface area contributed by atoms with Crippen LogP contribution in [0, 0.1) is 11.3 Å². The summed E-state index contributed by atoms with van der Waals surface area (Å²) in [5, 5.41) is 10.4. The lowest BCUT2D eigenvalue weighted by atomic mass is 9.81. The van der Waals surface area contributed by atoms with Crippen molar-refractivity contribution in [1.29, 1.82) is 5.26 Å². The number of hydrogen-bond donors (Lipinski definition) is 1. The third kappa shape index (κ3) is 6.09. The predicted octanol–water partition coefficient (Wildman–Crippen LogP) is 5.24. The summed E-state index contributed by atoms with van der Waals surface area (Å²) in [4.78, 5) is 28.3. The highest BCUT2D eigenvalue weighted by atomic mass is 32.2. The Hall–Kier alpha value is -4.14. The van der Waals surface area contributed by atoms with Gasteiger partial charge in [0.2, 0.25) is 10.0 Å². The summed E-state index contributed by atoms with van der Waals surface area (Å²) in [5.41, 5.74) is 6.80. The molecular formula is C34H40N4O6S. The summed E-state index contributed by atoms with van der Waals surface area (Å²) in [6.45, 7) is 0. The fourth-order valence-corrected chi connectivity index (χ4v) is 9.21. The molecule has 2 aliphatic carbocycles. The Kier molecular flexibility index (Phi) is 9.95. The van der Waals surface area contributed by atoms with Crippen LogP contribution in [0.1, 0.15) is 75.7 Å². The number of nitrogens with zero attached hydrogens (tertiary/aromatic N) is 3. The van der Waals surface area contributed by atoms with Crippen molar-refractivity contribution in [2.24, 2.45) is 5.73 Å². The summed E-state index contributed by atoms with van der Waals surface area (Å²) in [5.74, 6) is -3.04. The molecule has 0 aromatic heterocycles. The number of hydrogen-bond acceptors (Lipinski definition) is 9. The zero-order chi connectivity index (χ0) is 32.1. The summed E-state index contributed by atoms with van der Waals surface area (Å²) < 4.78 is 41.8. The number of anilines is 1. The second kappa shape index (κ2) is 13.9. The van der Waals surface area contributed by atoms with Crippen molar-refractivity contribution in [3.63, 3.8) is 0 Å². The Morgan fingerprint density at radius 2 is 1.38 bits per heavy atom. The number of allylic oxidation sites excluding steroid dienone is 1. The highest BCUT2D eigenvalue weighted by Crippen LogP contribution is 2.45. The molecule has 1 atom stereocenters. The number of carbonyl (C=O) groups excluding carboxylic acids is 2. The fraction of sp³-hybridized carbons (Fsp3) is 0.441. The molecule has 238 valence electrons. The second-order valence-corrected chi connectivity index (χ2v) is 13.5. The highest BCUT2D eigenvalue weighted by molar-refractivity contribution is 7.89. The van der Waals surface area contributed by atoms with Crippen molar-refractivity contribution in [3.8, 4) is 6.07 Å². The highest BCUT2D eigenvalue weighted by Gasteiger charge is 2.46. The SMILES string of the molecule is COC(=O)C1=C(C(=O)OC)N(c2ccccc2S(=O)(=O)N(C2CCCCC2)C2CCCCC2)C(N)=C(C#N)C1c1ccccc1. The molecule has 2 aromatic carbocycles. The van der Waals surface area contributed by atoms with Crippen LogP contribution < -0.4 is 10.6 Å². The topological polar surface area (TPSA) is 143 Å². The first-order valence-corrected chi connectivity index (χ1v) is 17.0. The molecule has 1 aliphatic heterocycles. The van der Waals surface area contributed by atoms with Gasteiger partial charge in [0, 0.05) is 12.1 Å². The molecule has 45 heavy (non-hydrogen) atoms. The van der Waals surface area contributed by atoms with Gasteiger partial charge in [-0.3, -0.25) is 4.90 Å². The van der Waals surface area contributed by atoms with Crippen LogP contribution in [0.4, 0.5) is 5.69 Å². The van der Waals surface area contributed by atoms with Crippen molar-refractivity contribution in [2.45, 2.75) is 87.1 Å². The van der Waals surface area contributed by atoms with Crippen molar-refractivity contribution in [1.82, 2.24) is 4.31 Å². The summed E-state index contributed by atoms with van der Waals surface area (Å²) in [6, 6.07) is 16.8. The van der Waals surface area contributed by atoms with Crippen molar-refractivity contribution in [2.75, 3.05) is 19.1 Å². The van der Waals surface area contributed by atoms with Crippen LogP contribution in [-0.2, 0) is 29.1 Å². The van der Waals surface area contributed by atoms with E-state index in [0.717, 1.165) is 71.3 Å². The van der Waals surface area contributed by atoms with E-state index in [1.54, 1.807) is 46.8 Å². The van der Waals surface area contributed by atoms with E-state index >= 15 is 0 Å². The van der Waals surface area contributed by atoms with Gasteiger partial charge in [-0.25, -0.2) is 18.0 Å². The van der Waals surface area contributed by atoms with Gasteiger partial charge in [0.15, 0.2) is 0 Å². The van der Waals surface area contributed by atoms with Gasteiger partial charge in [0.25, 0.3) is 0 Å². The first-order valence-electron chi connectivity index (χ1n) is 15.5. The molecule has 2 saturated carbocycles. The van der Waals surface area contributed by atoms with Gasteiger partial charge in [-0.1, -0.05) is 81.0 Å². The van der Waals surface area contributed by atoms with Crippen molar-refractivity contribution < 1.29 is 27.5 Å². The van der Waals surface area contributed by atoms with Crippen LogP contribution in [0.3, 0.4) is 0 Å². The van der Waals surface area contributed by atoms with Gasteiger partial charge in [0.05, 0.1) is 43.0 Å². The number of esters is 2. The van der Waals surface area contributed by atoms with Gasteiger partial charge in [0.1, 0.15) is 16.4 Å². The van der Waals surface area contributed by atoms with E-state index in [2.05, 4.69) is 6.07 Å². The molecule has 0 spiro atoms. The summed E-state index contributed by atoms with van der Waals surface area (Å²) in [7, 11) is -1.81. The van der Waals surface area contributed by atoms with E-state index in [1.165, 1.54) is 24.1 Å². The first kappa shape index (κ1) is 32.3. The van der Waals surface area contributed by atoms with Gasteiger partial charge in [-0.15, -0.1) is 0 Å². The smallest absolute Gasteiger partial charge is 0.355 e. The van der Waals surface area contributed by atoms with Gasteiger partial charge < -0.3 is 15.2 Å². The number of para-hydroxylation sites is 1. The molecule has 0 saturated heterocycles. The number of methoxy groups -OCH3 is 2. The largest absolute Gasteiger partial charge is 0.466 e. The Morgan fingerprint density at radius 1 is 0.844 bits per heavy atom. The number of nitrogens with two attached hydrogens (primary N) is 1. The zero-order valence-corrected chi connectivity index (χ0v) is 26.6.